The molecule has 4 heteroatoms. The van der Waals surface area contributed by atoms with Crippen LogP contribution in [0.15, 0.2) is 36.9 Å². The van der Waals surface area contributed by atoms with E-state index in [4.69, 9.17) is 0 Å². The molecule has 17 heavy (non-hydrogen) atoms. The largest absolute Gasteiger partial charge is 0.326 e. The molecule has 1 aromatic rings. The molecule has 0 radical (unpaired) electrons. The quantitative estimate of drug-likeness (QED) is 0.779. The molecule has 0 heterocycles. The Morgan fingerprint density at radius 1 is 1.24 bits per heavy atom. The Kier molecular flexibility index (Phi) is 3.23. The van der Waals surface area contributed by atoms with Gasteiger partial charge in [0.1, 0.15) is 0 Å². The molecule has 0 atom stereocenters. The van der Waals surface area contributed by atoms with Crippen LogP contribution >= 0.6 is 0 Å². The molecule has 2 rings (SSSR count). The minimum Gasteiger partial charge on any atom is -0.326 e. The van der Waals surface area contributed by atoms with E-state index in [2.05, 4.69) is 17.2 Å². The summed E-state index contributed by atoms with van der Waals surface area (Å²) in [6, 6.07) is 7.06. The molecule has 0 unspecified atom stereocenters. The minimum atomic E-state index is -0.268. The first-order valence-electron chi connectivity index (χ1n) is 5.53. The van der Waals surface area contributed by atoms with Gasteiger partial charge in [0.05, 0.1) is 0 Å². The van der Waals surface area contributed by atoms with E-state index in [1.165, 1.54) is 6.08 Å². The molecule has 1 aliphatic rings. The van der Waals surface area contributed by atoms with Crippen molar-refractivity contribution in [3.05, 3.63) is 36.9 Å². The van der Waals surface area contributed by atoms with Crippen LogP contribution in [-0.4, -0.2) is 11.8 Å². The fraction of sp³-hybridized carbons (Fsp3) is 0.231. The number of amides is 2. The molecular weight excluding hydrogens is 216 g/mol. The monoisotopic (exact) mass is 230 g/mol. The van der Waals surface area contributed by atoms with Crippen molar-refractivity contribution in [3.63, 3.8) is 0 Å². The molecule has 0 saturated heterocycles. The maximum absolute atomic E-state index is 11.5. The number of hydrogen-bond donors (Lipinski definition) is 2. The highest BCUT2D eigenvalue weighted by molar-refractivity contribution is 6.00. The lowest BCUT2D eigenvalue weighted by atomic mass is 10.2. The zero-order chi connectivity index (χ0) is 12.3. The van der Waals surface area contributed by atoms with Crippen LogP contribution in [0.2, 0.25) is 0 Å². The van der Waals surface area contributed by atoms with E-state index in [9.17, 15) is 9.59 Å². The first-order valence-corrected chi connectivity index (χ1v) is 5.53. The molecule has 1 fully saturated rings. The third-order valence-corrected chi connectivity index (χ3v) is 2.53. The van der Waals surface area contributed by atoms with E-state index in [0.29, 0.717) is 11.4 Å². The van der Waals surface area contributed by atoms with E-state index >= 15 is 0 Å². The lowest BCUT2D eigenvalue weighted by Gasteiger charge is -2.07. The van der Waals surface area contributed by atoms with Crippen LogP contribution in [0.3, 0.4) is 0 Å². The third kappa shape index (κ3) is 3.17. The maximum atomic E-state index is 11.5. The zero-order valence-electron chi connectivity index (χ0n) is 9.40. The van der Waals surface area contributed by atoms with Crippen molar-refractivity contribution >= 4 is 23.2 Å². The molecule has 2 amide bonds. The predicted molar refractivity (Wildman–Crippen MR) is 66.6 cm³/mol. The summed E-state index contributed by atoms with van der Waals surface area (Å²) in [4.78, 5) is 22.7. The average Bonchev–Trinajstić information content (AvgIpc) is 3.13. The van der Waals surface area contributed by atoms with Gasteiger partial charge in [-0.15, -0.1) is 0 Å². The molecule has 0 spiro atoms. The van der Waals surface area contributed by atoms with Gasteiger partial charge in [0.2, 0.25) is 11.8 Å². The fourth-order valence-electron chi connectivity index (χ4n) is 1.46. The SMILES string of the molecule is C=CC(=O)Nc1cccc(NC(=O)C2CC2)c1. The molecule has 0 bridgehead atoms. The Labute approximate surface area is 99.7 Å². The van der Waals surface area contributed by atoms with Crippen molar-refractivity contribution in [3.8, 4) is 0 Å². The van der Waals surface area contributed by atoms with Gasteiger partial charge in [-0.05, 0) is 37.1 Å². The smallest absolute Gasteiger partial charge is 0.247 e. The maximum Gasteiger partial charge on any atom is 0.247 e. The second kappa shape index (κ2) is 4.82. The molecule has 1 saturated carbocycles. The summed E-state index contributed by atoms with van der Waals surface area (Å²) < 4.78 is 0. The number of rotatable bonds is 4. The number of nitrogens with one attached hydrogen (secondary N) is 2. The van der Waals surface area contributed by atoms with Gasteiger partial charge in [0.25, 0.3) is 0 Å². The Hall–Kier alpha value is -2.10. The van der Waals surface area contributed by atoms with Crippen molar-refractivity contribution in [1.82, 2.24) is 0 Å². The molecule has 2 N–H and O–H groups in total. The van der Waals surface area contributed by atoms with Crippen LogP contribution in [0.4, 0.5) is 11.4 Å². The summed E-state index contributed by atoms with van der Waals surface area (Å²) in [5.74, 6) is -0.0470. The third-order valence-electron chi connectivity index (χ3n) is 2.53. The highest BCUT2D eigenvalue weighted by Gasteiger charge is 2.29. The Bertz CT molecular complexity index is 464. The Morgan fingerprint density at radius 2 is 1.88 bits per heavy atom. The van der Waals surface area contributed by atoms with Crippen molar-refractivity contribution in [2.45, 2.75) is 12.8 Å². The van der Waals surface area contributed by atoms with Crippen molar-refractivity contribution in [1.29, 1.82) is 0 Å². The Morgan fingerprint density at radius 3 is 2.47 bits per heavy atom. The normalized spacial score (nSPS) is 13.9. The molecule has 88 valence electrons. The zero-order valence-corrected chi connectivity index (χ0v) is 9.40. The first-order chi connectivity index (χ1) is 8.19. The molecule has 4 nitrogen and oxygen atoms in total. The highest BCUT2D eigenvalue weighted by atomic mass is 16.2. The van der Waals surface area contributed by atoms with E-state index in [-0.39, 0.29) is 17.7 Å². The molecular formula is C13H14N2O2. The van der Waals surface area contributed by atoms with Gasteiger partial charge in [0.15, 0.2) is 0 Å². The van der Waals surface area contributed by atoms with Crippen LogP contribution in [0, 0.1) is 5.92 Å². The number of hydrogen-bond acceptors (Lipinski definition) is 2. The van der Waals surface area contributed by atoms with Gasteiger partial charge in [0, 0.05) is 17.3 Å². The van der Waals surface area contributed by atoms with Gasteiger partial charge in [-0.3, -0.25) is 9.59 Å². The van der Waals surface area contributed by atoms with Gasteiger partial charge >= 0.3 is 0 Å². The topological polar surface area (TPSA) is 58.2 Å². The molecule has 1 aliphatic carbocycles. The molecule has 0 aliphatic heterocycles. The second-order valence-electron chi connectivity index (χ2n) is 4.04. The van der Waals surface area contributed by atoms with Gasteiger partial charge in [-0.25, -0.2) is 0 Å². The standard InChI is InChI=1S/C13H14N2O2/c1-2-12(16)14-10-4-3-5-11(8-10)15-13(17)9-6-7-9/h2-5,8-9H,1,6-7H2,(H,14,16)(H,15,17). The summed E-state index contributed by atoms with van der Waals surface area (Å²) in [6.07, 6.45) is 3.15. The Balaban J connectivity index is 2.02. The van der Waals surface area contributed by atoms with E-state index < -0.39 is 0 Å². The van der Waals surface area contributed by atoms with Gasteiger partial charge < -0.3 is 10.6 Å². The van der Waals surface area contributed by atoms with Crippen molar-refractivity contribution in [2.75, 3.05) is 10.6 Å². The van der Waals surface area contributed by atoms with Crippen molar-refractivity contribution in [2.24, 2.45) is 5.92 Å². The van der Waals surface area contributed by atoms with Crippen LogP contribution in [0.25, 0.3) is 0 Å². The number of carbonyl (C=O) groups is 2. The van der Waals surface area contributed by atoms with Gasteiger partial charge in [-0.2, -0.15) is 0 Å². The van der Waals surface area contributed by atoms with Crippen LogP contribution in [-0.2, 0) is 9.59 Å². The highest BCUT2D eigenvalue weighted by Crippen LogP contribution is 2.30. The van der Waals surface area contributed by atoms with Gasteiger partial charge in [-0.1, -0.05) is 12.6 Å². The van der Waals surface area contributed by atoms with Crippen LogP contribution in [0.1, 0.15) is 12.8 Å². The van der Waals surface area contributed by atoms with Crippen molar-refractivity contribution < 1.29 is 9.59 Å². The lowest BCUT2D eigenvalue weighted by Crippen LogP contribution is -2.13. The predicted octanol–water partition coefficient (Wildman–Crippen LogP) is 2.16. The summed E-state index contributed by atoms with van der Waals surface area (Å²) in [5.41, 5.74) is 1.34. The average molecular weight is 230 g/mol. The lowest BCUT2D eigenvalue weighted by molar-refractivity contribution is -0.117. The summed E-state index contributed by atoms with van der Waals surface area (Å²) in [5, 5.41) is 5.46. The summed E-state index contributed by atoms with van der Waals surface area (Å²) in [7, 11) is 0. The summed E-state index contributed by atoms with van der Waals surface area (Å²) >= 11 is 0. The number of benzene rings is 1. The minimum absolute atomic E-state index is 0.0530. The number of carbonyl (C=O) groups excluding carboxylic acids is 2. The summed E-state index contributed by atoms with van der Waals surface area (Å²) in [6.45, 7) is 3.38. The van der Waals surface area contributed by atoms with E-state index in [1.807, 2.05) is 0 Å². The molecule has 0 aromatic heterocycles. The van der Waals surface area contributed by atoms with E-state index in [1.54, 1.807) is 24.3 Å². The van der Waals surface area contributed by atoms with Crippen LogP contribution in [0.5, 0.6) is 0 Å². The second-order valence-corrected chi connectivity index (χ2v) is 4.04. The van der Waals surface area contributed by atoms with E-state index in [0.717, 1.165) is 12.8 Å². The molecule has 1 aromatic carbocycles. The fourth-order valence-corrected chi connectivity index (χ4v) is 1.46. The number of anilines is 2. The van der Waals surface area contributed by atoms with Crippen LogP contribution < -0.4 is 10.6 Å². The first kappa shape index (κ1) is 11.4.